The standard InChI is InChI=1S/C14H21N3O4/c1-9(2)7-16-5-4-15-12(13(16)18)17-8-10(21-3)6-11(17)14(19)20/h4-5,9-11H,6-8H2,1-3H3,(H,19,20). The molecular weight excluding hydrogens is 274 g/mol. The van der Waals surface area contributed by atoms with Gasteiger partial charge < -0.3 is 19.3 Å². The lowest BCUT2D eigenvalue weighted by atomic mass is 10.2. The van der Waals surface area contributed by atoms with Crippen molar-refractivity contribution in [2.75, 3.05) is 18.6 Å². The van der Waals surface area contributed by atoms with Crippen molar-refractivity contribution in [3.8, 4) is 0 Å². The third-order valence-corrected chi connectivity index (χ3v) is 3.61. The van der Waals surface area contributed by atoms with E-state index in [9.17, 15) is 14.7 Å². The van der Waals surface area contributed by atoms with Gasteiger partial charge in [-0.05, 0) is 5.92 Å². The molecule has 0 saturated carbocycles. The average Bonchev–Trinajstić information content (AvgIpc) is 2.85. The normalized spacial score (nSPS) is 22.0. The van der Waals surface area contributed by atoms with Crippen LogP contribution in [-0.2, 0) is 16.1 Å². The Bertz CT molecular complexity index is 570. The summed E-state index contributed by atoms with van der Waals surface area (Å²) < 4.78 is 6.81. The van der Waals surface area contributed by atoms with Crippen LogP contribution in [0.15, 0.2) is 17.2 Å². The monoisotopic (exact) mass is 295 g/mol. The summed E-state index contributed by atoms with van der Waals surface area (Å²) in [7, 11) is 1.54. The number of nitrogens with zero attached hydrogens (tertiary/aromatic N) is 3. The summed E-state index contributed by atoms with van der Waals surface area (Å²) in [6.45, 7) is 4.97. The molecule has 116 valence electrons. The summed E-state index contributed by atoms with van der Waals surface area (Å²) in [5.74, 6) is -0.460. The molecule has 0 radical (unpaired) electrons. The Kier molecular flexibility index (Phi) is 4.62. The molecule has 7 nitrogen and oxygen atoms in total. The first-order valence-corrected chi connectivity index (χ1v) is 7.01. The Morgan fingerprint density at radius 1 is 1.57 bits per heavy atom. The number of carboxylic acids is 1. The highest BCUT2D eigenvalue weighted by molar-refractivity contribution is 5.78. The maximum atomic E-state index is 12.5. The summed E-state index contributed by atoms with van der Waals surface area (Å²) in [4.78, 5) is 29.5. The van der Waals surface area contributed by atoms with E-state index in [0.29, 0.717) is 25.4 Å². The van der Waals surface area contributed by atoms with Crippen molar-refractivity contribution in [1.29, 1.82) is 0 Å². The van der Waals surface area contributed by atoms with Crippen molar-refractivity contribution in [1.82, 2.24) is 9.55 Å². The fourth-order valence-corrected chi connectivity index (χ4v) is 2.61. The van der Waals surface area contributed by atoms with Gasteiger partial charge in [0.05, 0.1) is 6.10 Å². The Labute approximate surface area is 123 Å². The number of carbonyl (C=O) groups is 1. The Hall–Kier alpha value is -1.89. The van der Waals surface area contributed by atoms with Gasteiger partial charge in [-0.1, -0.05) is 13.8 Å². The number of ether oxygens (including phenoxy) is 1. The number of hydrogen-bond donors (Lipinski definition) is 1. The first-order chi connectivity index (χ1) is 9.93. The van der Waals surface area contributed by atoms with E-state index >= 15 is 0 Å². The molecule has 0 aromatic carbocycles. The first kappa shape index (κ1) is 15.5. The molecule has 0 bridgehead atoms. The zero-order valence-corrected chi connectivity index (χ0v) is 12.5. The van der Waals surface area contributed by atoms with Crippen LogP contribution in [0.25, 0.3) is 0 Å². The van der Waals surface area contributed by atoms with Crippen LogP contribution in [0.5, 0.6) is 0 Å². The largest absolute Gasteiger partial charge is 0.480 e. The molecule has 0 aliphatic carbocycles. The molecule has 1 aliphatic rings. The van der Waals surface area contributed by atoms with E-state index in [2.05, 4.69) is 4.98 Å². The van der Waals surface area contributed by atoms with Gasteiger partial charge in [0.25, 0.3) is 5.56 Å². The number of methoxy groups -OCH3 is 1. The molecule has 0 amide bonds. The second-order valence-corrected chi connectivity index (χ2v) is 5.70. The van der Waals surface area contributed by atoms with E-state index in [1.54, 1.807) is 17.9 Å². The molecule has 1 aliphatic heterocycles. The smallest absolute Gasteiger partial charge is 0.326 e. The van der Waals surface area contributed by atoms with Crippen molar-refractivity contribution in [3.05, 3.63) is 22.7 Å². The van der Waals surface area contributed by atoms with Crippen LogP contribution in [0.2, 0.25) is 0 Å². The van der Waals surface area contributed by atoms with Gasteiger partial charge in [0.15, 0.2) is 5.82 Å². The highest BCUT2D eigenvalue weighted by Gasteiger charge is 2.39. The lowest BCUT2D eigenvalue weighted by molar-refractivity contribution is -0.138. The molecule has 2 rings (SSSR count). The lowest BCUT2D eigenvalue weighted by Crippen LogP contribution is -2.41. The highest BCUT2D eigenvalue weighted by atomic mass is 16.5. The van der Waals surface area contributed by atoms with Gasteiger partial charge in [-0.3, -0.25) is 4.79 Å². The molecule has 2 atom stereocenters. The summed E-state index contributed by atoms with van der Waals surface area (Å²) >= 11 is 0. The van der Waals surface area contributed by atoms with Crippen LogP contribution in [0, 0.1) is 5.92 Å². The summed E-state index contributed by atoms with van der Waals surface area (Å²) in [5, 5.41) is 9.33. The quantitative estimate of drug-likeness (QED) is 0.855. The van der Waals surface area contributed by atoms with E-state index < -0.39 is 12.0 Å². The fourth-order valence-electron chi connectivity index (χ4n) is 2.61. The number of aliphatic carboxylic acids is 1. The topological polar surface area (TPSA) is 84.7 Å². The molecule has 7 heteroatoms. The molecule has 1 saturated heterocycles. The number of anilines is 1. The minimum absolute atomic E-state index is 0.185. The van der Waals surface area contributed by atoms with Gasteiger partial charge in [0.1, 0.15) is 6.04 Å². The number of carboxylic acid groups (broad SMARTS) is 1. The molecule has 2 heterocycles. The van der Waals surface area contributed by atoms with E-state index in [0.717, 1.165) is 0 Å². The van der Waals surface area contributed by atoms with Crippen LogP contribution >= 0.6 is 0 Å². The average molecular weight is 295 g/mol. The van der Waals surface area contributed by atoms with Gasteiger partial charge in [0.2, 0.25) is 0 Å². The zero-order valence-electron chi connectivity index (χ0n) is 12.5. The molecule has 1 aromatic rings. The second kappa shape index (κ2) is 6.26. The van der Waals surface area contributed by atoms with Crippen LogP contribution < -0.4 is 10.5 Å². The molecule has 1 aromatic heterocycles. The second-order valence-electron chi connectivity index (χ2n) is 5.70. The van der Waals surface area contributed by atoms with Gasteiger partial charge in [0, 0.05) is 39.0 Å². The maximum Gasteiger partial charge on any atom is 0.326 e. The molecule has 0 spiro atoms. The Morgan fingerprint density at radius 3 is 2.86 bits per heavy atom. The Balaban J connectivity index is 2.36. The fraction of sp³-hybridized carbons (Fsp3) is 0.643. The Morgan fingerprint density at radius 2 is 2.29 bits per heavy atom. The van der Waals surface area contributed by atoms with Crippen molar-refractivity contribution < 1.29 is 14.6 Å². The summed E-state index contributed by atoms with van der Waals surface area (Å²) in [6, 6.07) is -0.773. The third-order valence-electron chi connectivity index (χ3n) is 3.61. The van der Waals surface area contributed by atoms with Gasteiger partial charge in [-0.25, -0.2) is 9.78 Å². The van der Waals surface area contributed by atoms with Crippen LogP contribution in [0.1, 0.15) is 20.3 Å². The number of hydrogen-bond acceptors (Lipinski definition) is 5. The number of aromatic nitrogens is 2. The van der Waals surface area contributed by atoms with Crippen molar-refractivity contribution >= 4 is 11.8 Å². The SMILES string of the molecule is COC1CC(C(=O)O)N(c2nccn(CC(C)C)c2=O)C1. The predicted molar refractivity (Wildman–Crippen MR) is 77.5 cm³/mol. The first-order valence-electron chi connectivity index (χ1n) is 7.01. The summed E-state index contributed by atoms with van der Waals surface area (Å²) in [6.07, 6.45) is 3.32. The molecule has 21 heavy (non-hydrogen) atoms. The van der Waals surface area contributed by atoms with Crippen molar-refractivity contribution in [2.45, 2.75) is 39.0 Å². The lowest BCUT2D eigenvalue weighted by Gasteiger charge is -2.22. The van der Waals surface area contributed by atoms with Gasteiger partial charge in [-0.15, -0.1) is 0 Å². The number of rotatable bonds is 5. The molecule has 2 unspecified atom stereocenters. The van der Waals surface area contributed by atoms with E-state index in [-0.39, 0.29) is 17.5 Å². The maximum absolute atomic E-state index is 12.5. The van der Waals surface area contributed by atoms with Gasteiger partial charge in [-0.2, -0.15) is 0 Å². The van der Waals surface area contributed by atoms with Crippen LogP contribution in [0.4, 0.5) is 5.82 Å². The van der Waals surface area contributed by atoms with E-state index in [4.69, 9.17) is 4.74 Å². The molecule has 1 N–H and O–H groups in total. The molecule has 1 fully saturated rings. The van der Waals surface area contributed by atoms with Crippen LogP contribution in [0.3, 0.4) is 0 Å². The zero-order chi connectivity index (χ0) is 15.6. The minimum Gasteiger partial charge on any atom is -0.480 e. The van der Waals surface area contributed by atoms with Crippen molar-refractivity contribution in [2.24, 2.45) is 5.92 Å². The van der Waals surface area contributed by atoms with E-state index in [1.165, 1.54) is 11.1 Å². The predicted octanol–water partition coefficient (Wildman–Crippen LogP) is 0.578. The molecular formula is C14H21N3O4. The van der Waals surface area contributed by atoms with E-state index in [1.807, 2.05) is 13.8 Å². The summed E-state index contributed by atoms with van der Waals surface area (Å²) in [5.41, 5.74) is -0.255. The highest BCUT2D eigenvalue weighted by Crippen LogP contribution is 2.23. The minimum atomic E-state index is -0.963. The van der Waals surface area contributed by atoms with Gasteiger partial charge >= 0.3 is 5.97 Å². The van der Waals surface area contributed by atoms with Crippen molar-refractivity contribution in [3.63, 3.8) is 0 Å². The third kappa shape index (κ3) is 3.24. The van der Waals surface area contributed by atoms with Crippen LogP contribution in [-0.4, -0.2) is 46.4 Å².